The maximum Gasteiger partial charge on any atom is 0.111 e. The zero-order valence-corrected chi connectivity index (χ0v) is 27.5. The van der Waals surface area contributed by atoms with Crippen molar-refractivity contribution in [2.45, 2.75) is 219 Å². The molecule has 0 bridgehead atoms. The van der Waals surface area contributed by atoms with E-state index < -0.39 is 0 Å². The molecule has 230 valence electrons. The summed E-state index contributed by atoms with van der Waals surface area (Å²) < 4.78 is 2.49. The van der Waals surface area contributed by atoms with E-state index in [4.69, 9.17) is 4.98 Å². The van der Waals surface area contributed by atoms with Gasteiger partial charge in [-0.05, 0) is 19.8 Å². The third-order valence-electron chi connectivity index (χ3n) is 9.08. The number of imidazole rings is 1. The van der Waals surface area contributed by atoms with Crippen molar-refractivity contribution >= 4 is 0 Å². The molecule has 0 aliphatic rings. The van der Waals surface area contributed by atoms with Gasteiger partial charge in [0.25, 0.3) is 0 Å². The Kier molecular flexibility index (Phi) is 25.4. The van der Waals surface area contributed by atoms with Gasteiger partial charge < -0.3 is 4.57 Å². The Morgan fingerprint density at radius 2 is 0.821 bits per heavy atom. The number of aromatic nitrogens is 2. The molecule has 1 aromatic heterocycles. The van der Waals surface area contributed by atoms with Crippen molar-refractivity contribution < 1.29 is 0 Å². The van der Waals surface area contributed by atoms with Crippen LogP contribution in [0.4, 0.5) is 0 Å². The molecule has 0 aliphatic carbocycles. The van der Waals surface area contributed by atoms with Crippen molar-refractivity contribution in [3.05, 3.63) is 18.2 Å². The molecule has 0 saturated heterocycles. The summed E-state index contributed by atoms with van der Waals surface area (Å²) in [6.07, 6.45) is 44.1. The van der Waals surface area contributed by atoms with Gasteiger partial charge in [0, 0.05) is 24.4 Å². The highest BCUT2D eigenvalue weighted by Gasteiger charge is 2.15. The minimum absolute atomic E-state index is 0.585. The molecule has 1 aromatic rings. The molecule has 0 aliphatic heterocycles. The Morgan fingerprint density at radius 1 is 0.487 bits per heavy atom. The highest BCUT2D eigenvalue weighted by molar-refractivity contribution is 5.01. The van der Waals surface area contributed by atoms with Crippen LogP contribution < -0.4 is 0 Å². The predicted octanol–water partition coefficient (Wildman–Crippen LogP) is 13.5. The van der Waals surface area contributed by atoms with Crippen LogP contribution in [-0.2, 0) is 0 Å². The second-order valence-corrected chi connectivity index (χ2v) is 13.0. The second kappa shape index (κ2) is 27.4. The molecule has 2 heteroatoms. The summed E-state index contributed by atoms with van der Waals surface area (Å²) >= 11 is 0. The first kappa shape index (κ1) is 36.2. The minimum Gasteiger partial charge on any atom is -0.332 e. The number of hydrogen-bond acceptors (Lipinski definition) is 1. The average Bonchev–Trinajstić information content (AvgIpc) is 3.44. The first-order valence-electron chi connectivity index (χ1n) is 18.2. The summed E-state index contributed by atoms with van der Waals surface area (Å²) in [4.78, 5) is 4.79. The number of unbranched alkanes of at least 4 members (excludes halogenated alkanes) is 24. The third-order valence-corrected chi connectivity index (χ3v) is 9.08. The summed E-state index contributed by atoms with van der Waals surface area (Å²) in [5.74, 6) is 1.91. The lowest BCUT2D eigenvalue weighted by molar-refractivity contribution is 0.435. The molecule has 0 saturated carbocycles. The number of rotatable bonds is 30. The molecule has 2 atom stereocenters. The standard InChI is InChI=1S/C37H72N2/c1-5-7-9-11-13-15-17-19-20-22-24-26-28-30-32-36(4)39-34-33-38-37(39)35(3)31-29-27-25-23-21-18-16-14-12-10-8-6-2/h33-36H,5-32H2,1-4H3. The van der Waals surface area contributed by atoms with Crippen molar-refractivity contribution in [1.29, 1.82) is 0 Å². The van der Waals surface area contributed by atoms with Gasteiger partial charge in [0.15, 0.2) is 0 Å². The van der Waals surface area contributed by atoms with E-state index in [1.807, 2.05) is 6.20 Å². The molecule has 1 heterocycles. The monoisotopic (exact) mass is 545 g/mol. The van der Waals surface area contributed by atoms with Gasteiger partial charge in [0.1, 0.15) is 5.82 Å². The van der Waals surface area contributed by atoms with Crippen LogP contribution in [0.25, 0.3) is 0 Å². The van der Waals surface area contributed by atoms with Crippen LogP contribution in [-0.4, -0.2) is 9.55 Å². The molecule has 1 rings (SSSR count). The second-order valence-electron chi connectivity index (χ2n) is 13.0. The van der Waals surface area contributed by atoms with Crippen molar-refractivity contribution in [3.63, 3.8) is 0 Å². The van der Waals surface area contributed by atoms with E-state index in [0.717, 1.165) is 0 Å². The summed E-state index contributed by atoms with van der Waals surface area (Å²) in [5.41, 5.74) is 0. The average molecular weight is 545 g/mol. The van der Waals surface area contributed by atoms with Gasteiger partial charge >= 0.3 is 0 Å². The van der Waals surface area contributed by atoms with Crippen LogP contribution >= 0.6 is 0 Å². The van der Waals surface area contributed by atoms with Gasteiger partial charge in [0.2, 0.25) is 0 Å². The molecule has 0 radical (unpaired) electrons. The molecule has 0 spiro atoms. The lowest BCUT2D eigenvalue weighted by Crippen LogP contribution is -2.11. The van der Waals surface area contributed by atoms with Crippen molar-refractivity contribution in [1.82, 2.24) is 9.55 Å². The maximum atomic E-state index is 4.79. The van der Waals surface area contributed by atoms with Gasteiger partial charge in [-0.3, -0.25) is 0 Å². The lowest BCUT2D eigenvalue weighted by Gasteiger charge is -2.20. The number of hydrogen-bond donors (Lipinski definition) is 0. The third kappa shape index (κ3) is 20.7. The Bertz CT molecular complexity index is 606. The highest BCUT2D eigenvalue weighted by Crippen LogP contribution is 2.26. The Morgan fingerprint density at radius 3 is 1.21 bits per heavy atom. The van der Waals surface area contributed by atoms with Crippen molar-refractivity contribution in [2.24, 2.45) is 0 Å². The summed E-state index contributed by atoms with van der Waals surface area (Å²) in [7, 11) is 0. The maximum absolute atomic E-state index is 4.79. The molecule has 2 unspecified atom stereocenters. The highest BCUT2D eigenvalue weighted by atomic mass is 15.1. The molecular weight excluding hydrogens is 472 g/mol. The molecule has 0 N–H and O–H groups in total. The van der Waals surface area contributed by atoms with E-state index in [1.165, 1.54) is 186 Å². The van der Waals surface area contributed by atoms with Gasteiger partial charge in [-0.1, -0.05) is 188 Å². The van der Waals surface area contributed by atoms with E-state index >= 15 is 0 Å². The summed E-state index contributed by atoms with van der Waals surface area (Å²) in [5, 5.41) is 0. The Labute approximate surface area is 246 Å². The Hall–Kier alpha value is -0.790. The van der Waals surface area contributed by atoms with E-state index in [2.05, 4.69) is 38.5 Å². The van der Waals surface area contributed by atoms with E-state index in [1.54, 1.807) is 0 Å². The van der Waals surface area contributed by atoms with Crippen LogP contribution in [0.15, 0.2) is 12.4 Å². The largest absolute Gasteiger partial charge is 0.332 e. The van der Waals surface area contributed by atoms with Gasteiger partial charge in [-0.2, -0.15) is 0 Å². The van der Waals surface area contributed by atoms with Crippen LogP contribution in [0.1, 0.15) is 225 Å². The van der Waals surface area contributed by atoms with Gasteiger partial charge in [-0.25, -0.2) is 4.98 Å². The van der Waals surface area contributed by atoms with Crippen molar-refractivity contribution in [3.8, 4) is 0 Å². The van der Waals surface area contributed by atoms with Gasteiger partial charge in [0.05, 0.1) is 0 Å². The normalized spacial score (nSPS) is 13.2. The first-order chi connectivity index (χ1) is 19.2. The quantitative estimate of drug-likeness (QED) is 0.0880. The van der Waals surface area contributed by atoms with Gasteiger partial charge in [-0.15, -0.1) is 0 Å². The van der Waals surface area contributed by atoms with Crippen LogP contribution in [0.3, 0.4) is 0 Å². The van der Waals surface area contributed by atoms with Crippen molar-refractivity contribution in [2.75, 3.05) is 0 Å². The molecule has 0 amide bonds. The zero-order chi connectivity index (χ0) is 28.2. The van der Waals surface area contributed by atoms with Crippen LogP contribution in [0, 0.1) is 0 Å². The molecule has 0 aromatic carbocycles. The fourth-order valence-corrected chi connectivity index (χ4v) is 6.27. The molecular formula is C37H72N2. The van der Waals surface area contributed by atoms with E-state index in [-0.39, 0.29) is 0 Å². The summed E-state index contributed by atoms with van der Waals surface area (Å²) in [6, 6.07) is 0.587. The Balaban J connectivity index is 2.00. The minimum atomic E-state index is 0.585. The zero-order valence-electron chi connectivity index (χ0n) is 27.5. The molecule has 39 heavy (non-hydrogen) atoms. The molecule has 0 fully saturated rings. The molecule has 2 nitrogen and oxygen atoms in total. The topological polar surface area (TPSA) is 17.8 Å². The number of nitrogens with zero attached hydrogens (tertiary/aromatic N) is 2. The van der Waals surface area contributed by atoms with E-state index in [9.17, 15) is 0 Å². The fourth-order valence-electron chi connectivity index (χ4n) is 6.27. The summed E-state index contributed by atoms with van der Waals surface area (Å²) in [6.45, 7) is 9.41. The van der Waals surface area contributed by atoms with Crippen LogP contribution in [0.2, 0.25) is 0 Å². The lowest BCUT2D eigenvalue weighted by atomic mass is 9.99. The first-order valence-corrected chi connectivity index (χ1v) is 18.2. The SMILES string of the molecule is CCCCCCCCCCCCCCCCC(C)n1ccnc1C(C)CCCCCCCCCCCCCC. The smallest absolute Gasteiger partial charge is 0.111 e. The fraction of sp³-hybridized carbons (Fsp3) is 0.919. The predicted molar refractivity (Wildman–Crippen MR) is 176 cm³/mol. The van der Waals surface area contributed by atoms with E-state index in [0.29, 0.717) is 12.0 Å². The van der Waals surface area contributed by atoms with Crippen LogP contribution in [0.5, 0.6) is 0 Å².